The summed E-state index contributed by atoms with van der Waals surface area (Å²) in [6, 6.07) is 5.99. The van der Waals surface area contributed by atoms with Gasteiger partial charge in [0, 0.05) is 12.3 Å². The van der Waals surface area contributed by atoms with Crippen molar-refractivity contribution in [3.63, 3.8) is 0 Å². The summed E-state index contributed by atoms with van der Waals surface area (Å²) in [5, 5.41) is 4.09. The van der Waals surface area contributed by atoms with E-state index in [9.17, 15) is 0 Å². The first-order chi connectivity index (χ1) is 8.63. The summed E-state index contributed by atoms with van der Waals surface area (Å²) in [5.74, 6) is 2.42. The van der Waals surface area contributed by atoms with Crippen LogP contribution >= 0.6 is 23.4 Å². The van der Waals surface area contributed by atoms with Crippen LogP contribution in [0.1, 0.15) is 19.4 Å². The van der Waals surface area contributed by atoms with Gasteiger partial charge in [0.25, 0.3) is 0 Å². The van der Waals surface area contributed by atoms with Crippen molar-refractivity contribution in [3.8, 4) is 5.75 Å². The van der Waals surface area contributed by atoms with Crippen LogP contribution in [0.25, 0.3) is 0 Å². The van der Waals surface area contributed by atoms with E-state index in [2.05, 4.69) is 31.5 Å². The number of hydrogen-bond donors (Lipinski definition) is 1. The summed E-state index contributed by atoms with van der Waals surface area (Å²) in [5.41, 5.74) is 1.19. The summed E-state index contributed by atoms with van der Waals surface area (Å²) in [7, 11) is 0. The molecule has 0 bridgehead atoms. The topological polar surface area (TPSA) is 21.3 Å². The highest BCUT2D eigenvalue weighted by Crippen LogP contribution is 2.25. The molecular formula is C14H22ClNOS. The number of nitrogens with one attached hydrogen (secondary N) is 1. The molecule has 18 heavy (non-hydrogen) atoms. The quantitative estimate of drug-likeness (QED) is 0.734. The van der Waals surface area contributed by atoms with Crippen LogP contribution in [0.4, 0.5) is 0 Å². The Morgan fingerprint density at radius 1 is 1.39 bits per heavy atom. The SMILES string of the molecule is CSCCOc1ccc(CNCC(C)C)cc1Cl. The third kappa shape index (κ3) is 5.98. The van der Waals surface area contributed by atoms with Gasteiger partial charge in [-0.2, -0.15) is 11.8 Å². The fourth-order valence-electron chi connectivity index (χ4n) is 1.51. The van der Waals surface area contributed by atoms with Crippen molar-refractivity contribution in [3.05, 3.63) is 28.8 Å². The van der Waals surface area contributed by atoms with Crippen LogP contribution in [0.5, 0.6) is 5.75 Å². The lowest BCUT2D eigenvalue weighted by Gasteiger charge is -2.10. The van der Waals surface area contributed by atoms with Crippen molar-refractivity contribution in [1.82, 2.24) is 5.32 Å². The first-order valence-electron chi connectivity index (χ1n) is 6.24. The third-order valence-corrected chi connectivity index (χ3v) is 3.29. The van der Waals surface area contributed by atoms with Gasteiger partial charge >= 0.3 is 0 Å². The Labute approximate surface area is 119 Å². The van der Waals surface area contributed by atoms with Gasteiger partial charge in [0.05, 0.1) is 11.6 Å². The van der Waals surface area contributed by atoms with Crippen LogP contribution in [0.15, 0.2) is 18.2 Å². The highest BCUT2D eigenvalue weighted by Gasteiger charge is 2.03. The van der Waals surface area contributed by atoms with E-state index >= 15 is 0 Å². The van der Waals surface area contributed by atoms with E-state index < -0.39 is 0 Å². The zero-order chi connectivity index (χ0) is 13.4. The zero-order valence-electron chi connectivity index (χ0n) is 11.3. The van der Waals surface area contributed by atoms with E-state index in [1.165, 1.54) is 5.56 Å². The summed E-state index contributed by atoms with van der Waals surface area (Å²) >= 11 is 7.96. The van der Waals surface area contributed by atoms with Gasteiger partial charge in [-0.3, -0.25) is 0 Å². The first-order valence-corrected chi connectivity index (χ1v) is 8.01. The normalized spacial score (nSPS) is 10.9. The van der Waals surface area contributed by atoms with E-state index in [0.29, 0.717) is 17.5 Å². The fourth-order valence-corrected chi connectivity index (χ4v) is 2.02. The molecule has 1 aromatic carbocycles. The minimum atomic E-state index is 0.662. The van der Waals surface area contributed by atoms with Gasteiger partial charge in [0.1, 0.15) is 5.75 Å². The Kier molecular flexibility index (Phi) is 7.56. The Morgan fingerprint density at radius 3 is 2.78 bits per heavy atom. The molecule has 0 saturated heterocycles. The molecule has 0 heterocycles. The molecule has 0 saturated carbocycles. The van der Waals surface area contributed by atoms with Crippen LogP contribution in [0.3, 0.4) is 0 Å². The molecule has 1 N–H and O–H groups in total. The molecular weight excluding hydrogens is 266 g/mol. The fraction of sp³-hybridized carbons (Fsp3) is 0.571. The van der Waals surface area contributed by atoms with Gasteiger partial charge in [0.2, 0.25) is 0 Å². The minimum absolute atomic E-state index is 0.662. The second-order valence-electron chi connectivity index (χ2n) is 4.63. The molecule has 0 unspecified atom stereocenters. The highest BCUT2D eigenvalue weighted by molar-refractivity contribution is 7.98. The standard InChI is InChI=1S/C14H22ClNOS/c1-11(2)9-16-10-12-4-5-14(13(15)8-12)17-6-7-18-3/h4-5,8,11,16H,6-7,9-10H2,1-3H3. The lowest BCUT2D eigenvalue weighted by atomic mass is 10.2. The molecule has 2 nitrogen and oxygen atoms in total. The van der Waals surface area contributed by atoms with E-state index in [1.807, 2.05) is 12.1 Å². The summed E-state index contributed by atoms with van der Waals surface area (Å²) < 4.78 is 5.60. The number of hydrogen-bond acceptors (Lipinski definition) is 3. The molecule has 0 radical (unpaired) electrons. The van der Waals surface area contributed by atoms with Gasteiger partial charge in [-0.15, -0.1) is 0 Å². The van der Waals surface area contributed by atoms with Crippen molar-refractivity contribution in [1.29, 1.82) is 0 Å². The Morgan fingerprint density at radius 2 is 2.17 bits per heavy atom. The largest absolute Gasteiger partial charge is 0.491 e. The Hall–Kier alpha value is -0.380. The van der Waals surface area contributed by atoms with Crippen LogP contribution in [0.2, 0.25) is 5.02 Å². The lowest BCUT2D eigenvalue weighted by molar-refractivity contribution is 0.344. The molecule has 0 aliphatic heterocycles. The maximum Gasteiger partial charge on any atom is 0.137 e. The second kappa shape index (κ2) is 8.68. The molecule has 0 aliphatic rings. The molecule has 1 aromatic rings. The summed E-state index contributed by atoms with van der Waals surface area (Å²) in [6.07, 6.45) is 2.06. The molecule has 102 valence electrons. The van der Waals surface area contributed by atoms with E-state index in [0.717, 1.165) is 24.6 Å². The van der Waals surface area contributed by atoms with E-state index in [-0.39, 0.29) is 0 Å². The van der Waals surface area contributed by atoms with Gasteiger partial charge in [-0.1, -0.05) is 31.5 Å². The maximum atomic E-state index is 6.19. The molecule has 4 heteroatoms. The van der Waals surface area contributed by atoms with Gasteiger partial charge in [-0.25, -0.2) is 0 Å². The van der Waals surface area contributed by atoms with Gasteiger partial charge in [-0.05, 0) is 36.4 Å². The van der Waals surface area contributed by atoms with Crippen LogP contribution in [-0.2, 0) is 6.54 Å². The number of benzene rings is 1. The van der Waals surface area contributed by atoms with Gasteiger partial charge in [0.15, 0.2) is 0 Å². The van der Waals surface area contributed by atoms with E-state index in [1.54, 1.807) is 11.8 Å². The van der Waals surface area contributed by atoms with Crippen LogP contribution < -0.4 is 10.1 Å². The molecule has 1 rings (SSSR count). The molecule has 0 aromatic heterocycles. The van der Waals surface area contributed by atoms with Crippen LogP contribution in [0, 0.1) is 5.92 Å². The van der Waals surface area contributed by atoms with Crippen molar-refractivity contribution in [2.75, 3.05) is 25.2 Å². The molecule has 0 atom stereocenters. The minimum Gasteiger partial charge on any atom is -0.491 e. The monoisotopic (exact) mass is 287 g/mol. The molecule has 0 amide bonds. The second-order valence-corrected chi connectivity index (χ2v) is 6.02. The average molecular weight is 288 g/mol. The highest BCUT2D eigenvalue weighted by atomic mass is 35.5. The average Bonchev–Trinajstić information content (AvgIpc) is 2.31. The maximum absolute atomic E-state index is 6.19. The molecule has 0 spiro atoms. The molecule has 0 fully saturated rings. The molecule has 0 aliphatic carbocycles. The number of rotatable bonds is 8. The van der Waals surface area contributed by atoms with Crippen molar-refractivity contribution in [2.45, 2.75) is 20.4 Å². The zero-order valence-corrected chi connectivity index (χ0v) is 12.9. The smallest absolute Gasteiger partial charge is 0.137 e. The lowest BCUT2D eigenvalue weighted by Crippen LogP contribution is -2.18. The number of thioether (sulfide) groups is 1. The third-order valence-electron chi connectivity index (χ3n) is 2.42. The summed E-state index contributed by atoms with van der Waals surface area (Å²) in [4.78, 5) is 0. The van der Waals surface area contributed by atoms with Crippen molar-refractivity contribution >= 4 is 23.4 Å². The number of ether oxygens (including phenoxy) is 1. The predicted molar refractivity (Wildman–Crippen MR) is 81.9 cm³/mol. The predicted octanol–water partition coefficient (Wildman–Crippen LogP) is 3.83. The van der Waals surface area contributed by atoms with Crippen molar-refractivity contribution < 1.29 is 4.74 Å². The number of halogens is 1. The summed E-state index contributed by atoms with van der Waals surface area (Å²) in [6.45, 7) is 6.96. The van der Waals surface area contributed by atoms with Crippen molar-refractivity contribution in [2.24, 2.45) is 5.92 Å². The Balaban J connectivity index is 2.45. The Bertz CT molecular complexity index is 358. The first kappa shape index (κ1) is 15.7. The van der Waals surface area contributed by atoms with E-state index in [4.69, 9.17) is 16.3 Å². The van der Waals surface area contributed by atoms with Gasteiger partial charge < -0.3 is 10.1 Å². The van der Waals surface area contributed by atoms with Crippen LogP contribution in [-0.4, -0.2) is 25.2 Å².